The summed E-state index contributed by atoms with van der Waals surface area (Å²) in [6, 6.07) is 2.31. The molecule has 1 N–H and O–H groups in total. The number of nitrogens with one attached hydrogen (secondary N) is 1. The van der Waals surface area contributed by atoms with Gasteiger partial charge in [-0.25, -0.2) is 4.39 Å². The molecular formula is C9H6F4N2O2. The lowest BCUT2D eigenvalue weighted by Crippen LogP contribution is -2.21. The Labute approximate surface area is 92.4 Å². The fourth-order valence-electron chi connectivity index (χ4n) is 1.12. The smallest absolute Gasteiger partial charge is 0.404 e. The molecule has 0 aliphatic carbocycles. The van der Waals surface area contributed by atoms with Crippen molar-refractivity contribution in [3.8, 4) is 11.8 Å². The van der Waals surface area contributed by atoms with Gasteiger partial charge < -0.3 is 9.72 Å². The molecule has 0 aliphatic heterocycles. The van der Waals surface area contributed by atoms with Gasteiger partial charge in [0.05, 0.1) is 18.2 Å². The summed E-state index contributed by atoms with van der Waals surface area (Å²) in [6.45, 7) is -1.31. The lowest BCUT2D eigenvalue weighted by molar-refractivity contribution is -0.275. The molecule has 1 heterocycles. The zero-order valence-corrected chi connectivity index (χ0v) is 8.27. The Morgan fingerprint density at radius 2 is 2.12 bits per heavy atom. The number of hydrogen-bond donors (Lipinski definition) is 1. The molecule has 0 bridgehead atoms. The molecule has 0 atom stereocenters. The van der Waals surface area contributed by atoms with Crippen LogP contribution in [0.25, 0.3) is 0 Å². The highest BCUT2D eigenvalue weighted by Crippen LogP contribution is 2.25. The third-order valence-electron chi connectivity index (χ3n) is 1.79. The zero-order valence-electron chi connectivity index (χ0n) is 8.27. The Bertz CT molecular complexity index is 501. The van der Waals surface area contributed by atoms with E-state index in [1.165, 1.54) is 0 Å². The summed E-state index contributed by atoms with van der Waals surface area (Å²) in [7, 11) is 0. The topological polar surface area (TPSA) is 65.9 Å². The standard InChI is InChI=1S/C9H6F4N2O2/c10-4-6-7(17-9(11,12)13)3-5(1-2-14)8(16)15-6/h3H,1,4H2,(H,15,16). The van der Waals surface area contributed by atoms with E-state index in [4.69, 9.17) is 5.26 Å². The molecular weight excluding hydrogens is 244 g/mol. The maximum Gasteiger partial charge on any atom is 0.573 e. The molecule has 4 nitrogen and oxygen atoms in total. The fraction of sp³-hybridized carbons (Fsp3) is 0.333. The monoisotopic (exact) mass is 250 g/mol. The number of nitrogens with zero attached hydrogens (tertiary/aromatic N) is 1. The van der Waals surface area contributed by atoms with E-state index in [1.807, 2.05) is 4.98 Å². The summed E-state index contributed by atoms with van der Waals surface area (Å²) in [5.74, 6) is -0.843. The number of aromatic nitrogens is 1. The van der Waals surface area contributed by atoms with Crippen molar-refractivity contribution in [1.82, 2.24) is 4.98 Å². The van der Waals surface area contributed by atoms with Gasteiger partial charge in [0, 0.05) is 5.56 Å². The number of pyridine rings is 1. The number of rotatable bonds is 3. The van der Waals surface area contributed by atoms with E-state index in [9.17, 15) is 22.4 Å². The Morgan fingerprint density at radius 3 is 2.59 bits per heavy atom. The fourth-order valence-corrected chi connectivity index (χ4v) is 1.12. The van der Waals surface area contributed by atoms with Crippen molar-refractivity contribution in [3.05, 3.63) is 27.7 Å². The first-order chi connectivity index (χ1) is 7.87. The van der Waals surface area contributed by atoms with Crippen LogP contribution < -0.4 is 10.3 Å². The number of H-pyrrole nitrogens is 1. The molecule has 0 saturated carbocycles. The zero-order chi connectivity index (χ0) is 13.1. The minimum atomic E-state index is -4.99. The maximum absolute atomic E-state index is 12.4. The summed E-state index contributed by atoms with van der Waals surface area (Å²) >= 11 is 0. The van der Waals surface area contributed by atoms with E-state index < -0.39 is 36.5 Å². The van der Waals surface area contributed by atoms with Crippen molar-refractivity contribution in [2.45, 2.75) is 19.5 Å². The minimum Gasteiger partial charge on any atom is -0.404 e. The van der Waals surface area contributed by atoms with Crippen LogP contribution in [0.4, 0.5) is 17.6 Å². The summed E-state index contributed by atoms with van der Waals surface area (Å²) in [6.07, 6.45) is -5.39. The van der Waals surface area contributed by atoms with Crippen LogP contribution in [0, 0.1) is 11.3 Å². The summed E-state index contributed by atoms with van der Waals surface area (Å²) in [5.41, 5.74) is -1.65. The molecule has 0 saturated heterocycles. The quantitative estimate of drug-likeness (QED) is 0.832. The molecule has 1 aromatic rings. The minimum absolute atomic E-state index is 0.219. The van der Waals surface area contributed by atoms with Gasteiger partial charge in [-0.05, 0) is 6.07 Å². The van der Waals surface area contributed by atoms with Gasteiger partial charge in [-0.2, -0.15) is 5.26 Å². The van der Waals surface area contributed by atoms with Gasteiger partial charge in [-0.15, -0.1) is 13.2 Å². The number of aromatic amines is 1. The van der Waals surface area contributed by atoms with Gasteiger partial charge in [-0.3, -0.25) is 4.79 Å². The average Bonchev–Trinajstić information content (AvgIpc) is 2.20. The molecule has 1 aromatic heterocycles. The number of hydrogen-bond acceptors (Lipinski definition) is 3. The van der Waals surface area contributed by atoms with E-state index in [0.29, 0.717) is 6.07 Å². The Hall–Kier alpha value is -2.04. The second-order valence-corrected chi connectivity index (χ2v) is 2.98. The number of ether oxygens (including phenoxy) is 1. The molecule has 92 valence electrons. The van der Waals surface area contributed by atoms with Crippen LogP contribution in [-0.2, 0) is 13.1 Å². The Kier molecular flexibility index (Phi) is 3.73. The van der Waals surface area contributed by atoms with Gasteiger partial charge in [-0.1, -0.05) is 0 Å². The molecule has 8 heteroatoms. The van der Waals surface area contributed by atoms with Gasteiger partial charge in [0.25, 0.3) is 5.56 Å². The Morgan fingerprint density at radius 1 is 1.47 bits per heavy atom. The van der Waals surface area contributed by atoms with Crippen molar-refractivity contribution in [3.63, 3.8) is 0 Å². The highest BCUT2D eigenvalue weighted by atomic mass is 19.4. The van der Waals surface area contributed by atoms with Crippen LogP contribution in [0.1, 0.15) is 11.3 Å². The molecule has 0 fully saturated rings. The third kappa shape index (κ3) is 3.48. The molecule has 0 amide bonds. The first-order valence-electron chi connectivity index (χ1n) is 4.31. The number of halogens is 4. The van der Waals surface area contributed by atoms with E-state index >= 15 is 0 Å². The number of nitriles is 1. The van der Waals surface area contributed by atoms with Gasteiger partial charge in [0.15, 0.2) is 5.75 Å². The summed E-state index contributed by atoms with van der Waals surface area (Å²) < 4.78 is 51.8. The molecule has 0 radical (unpaired) electrons. The van der Waals surface area contributed by atoms with E-state index in [-0.39, 0.29) is 5.56 Å². The van der Waals surface area contributed by atoms with Crippen molar-refractivity contribution < 1.29 is 22.3 Å². The molecule has 1 rings (SSSR count). The lowest BCUT2D eigenvalue weighted by Gasteiger charge is -2.12. The van der Waals surface area contributed by atoms with E-state index in [0.717, 1.165) is 0 Å². The predicted octanol–water partition coefficient (Wildman–Crippen LogP) is 1.81. The van der Waals surface area contributed by atoms with Gasteiger partial charge >= 0.3 is 6.36 Å². The van der Waals surface area contributed by atoms with Crippen molar-refractivity contribution in [2.75, 3.05) is 0 Å². The molecule has 0 unspecified atom stereocenters. The van der Waals surface area contributed by atoms with Crippen molar-refractivity contribution in [1.29, 1.82) is 5.26 Å². The second-order valence-electron chi connectivity index (χ2n) is 2.98. The molecule has 0 aromatic carbocycles. The molecule has 17 heavy (non-hydrogen) atoms. The third-order valence-corrected chi connectivity index (χ3v) is 1.79. The summed E-state index contributed by atoms with van der Waals surface area (Å²) in [4.78, 5) is 13.1. The van der Waals surface area contributed by atoms with E-state index in [2.05, 4.69) is 4.74 Å². The van der Waals surface area contributed by atoms with Crippen LogP contribution in [0.2, 0.25) is 0 Å². The van der Waals surface area contributed by atoms with Crippen LogP contribution in [0.15, 0.2) is 10.9 Å². The van der Waals surface area contributed by atoms with Crippen LogP contribution >= 0.6 is 0 Å². The normalized spacial score (nSPS) is 11.0. The molecule has 0 spiro atoms. The first kappa shape index (κ1) is 13.0. The summed E-state index contributed by atoms with van der Waals surface area (Å²) in [5, 5.41) is 8.35. The van der Waals surface area contributed by atoms with Gasteiger partial charge in [0.2, 0.25) is 0 Å². The molecule has 0 aliphatic rings. The van der Waals surface area contributed by atoms with Crippen molar-refractivity contribution in [2.24, 2.45) is 0 Å². The highest BCUT2D eigenvalue weighted by Gasteiger charge is 2.32. The maximum atomic E-state index is 12.4. The SMILES string of the molecule is N#CCc1cc(OC(F)(F)F)c(CF)[nH]c1=O. The highest BCUT2D eigenvalue weighted by molar-refractivity contribution is 5.32. The van der Waals surface area contributed by atoms with Crippen LogP contribution in [-0.4, -0.2) is 11.3 Å². The van der Waals surface area contributed by atoms with E-state index in [1.54, 1.807) is 6.07 Å². The van der Waals surface area contributed by atoms with Crippen molar-refractivity contribution >= 4 is 0 Å². The van der Waals surface area contributed by atoms with Crippen LogP contribution in [0.3, 0.4) is 0 Å². The predicted molar refractivity (Wildman–Crippen MR) is 47.9 cm³/mol. The number of alkyl halides is 4. The second kappa shape index (κ2) is 4.86. The lowest BCUT2D eigenvalue weighted by atomic mass is 10.2. The first-order valence-corrected chi connectivity index (χ1v) is 4.31. The van der Waals surface area contributed by atoms with Gasteiger partial charge in [0.1, 0.15) is 6.67 Å². The average molecular weight is 250 g/mol. The largest absolute Gasteiger partial charge is 0.573 e. The van der Waals surface area contributed by atoms with Crippen LogP contribution in [0.5, 0.6) is 5.75 Å². The Balaban J connectivity index is 3.23.